The number of nitrogens with one attached hydrogen (secondary N) is 1. The highest BCUT2D eigenvalue weighted by Gasteiger charge is 2.34. The van der Waals surface area contributed by atoms with Gasteiger partial charge in [-0.1, -0.05) is 0 Å². The molecule has 0 aliphatic carbocycles. The molecule has 1 aromatic carbocycles. The zero-order valence-electron chi connectivity index (χ0n) is 20.0. The number of aromatic nitrogens is 2. The molecule has 192 valence electrons. The van der Waals surface area contributed by atoms with Crippen molar-refractivity contribution in [1.29, 1.82) is 0 Å². The van der Waals surface area contributed by atoms with Crippen molar-refractivity contribution in [3.63, 3.8) is 0 Å². The number of hydrogen-bond donors (Lipinski definition) is 2. The second-order valence-corrected chi connectivity index (χ2v) is 13.3. The van der Waals surface area contributed by atoms with Crippen LogP contribution < -0.4 is 14.2 Å². The van der Waals surface area contributed by atoms with Crippen molar-refractivity contribution in [3.05, 3.63) is 36.4 Å². The minimum atomic E-state index is -3.89. The summed E-state index contributed by atoms with van der Waals surface area (Å²) < 4.78 is 78.8. The molecule has 2 N–H and O–H groups in total. The van der Waals surface area contributed by atoms with Gasteiger partial charge >= 0.3 is 0 Å². The third kappa shape index (κ3) is 5.21. The molecule has 0 saturated heterocycles. The van der Waals surface area contributed by atoms with Crippen LogP contribution in [0.25, 0.3) is 16.6 Å². The third-order valence-corrected chi connectivity index (χ3v) is 9.03. The summed E-state index contributed by atoms with van der Waals surface area (Å²) in [7, 11) is -6.42. The summed E-state index contributed by atoms with van der Waals surface area (Å²) in [6.07, 6.45) is 2.77. The fourth-order valence-corrected chi connectivity index (χ4v) is 5.22. The minimum Gasteiger partial charge on any atom is -0.492 e. The second-order valence-electron chi connectivity index (χ2n) is 8.62. The van der Waals surface area contributed by atoms with Crippen LogP contribution in [-0.4, -0.2) is 62.4 Å². The Morgan fingerprint density at radius 1 is 1.17 bits per heavy atom. The number of aliphatic hydroxyl groups is 1. The Kier molecular flexibility index (Phi) is 7.34. The number of sulfonamides is 1. The lowest BCUT2D eigenvalue weighted by Crippen LogP contribution is -2.28. The van der Waals surface area contributed by atoms with Gasteiger partial charge in [-0.25, -0.2) is 25.7 Å². The van der Waals surface area contributed by atoms with Crippen LogP contribution in [0.2, 0.25) is 0 Å². The van der Waals surface area contributed by atoms with Gasteiger partial charge in [-0.05, 0) is 51.5 Å². The van der Waals surface area contributed by atoms with Crippen molar-refractivity contribution < 1.29 is 35.8 Å². The Bertz CT molecular complexity index is 1460. The predicted octanol–water partition coefficient (Wildman–Crippen LogP) is 2.85. The monoisotopic (exact) mass is 529 g/mol. The Labute approximate surface area is 203 Å². The SMILES string of the molecule is CCS(=O)(=O)Nc1cc(-c2cnn3cc(OCCO)c(S(=O)(=O)C(C)(C)C)cc23)cc(F)c1OC. The number of methoxy groups -OCH3 is 1. The number of anilines is 1. The molecule has 13 heteroatoms. The quantitative estimate of drug-likeness (QED) is 0.432. The summed E-state index contributed by atoms with van der Waals surface area (Å²) in [6, 6.07) is 3.90. The first-order valence-corrected chi connectivity index (χ1v) is 13.8. The van der Waals surface area contributed by atoms with Gasteiger partial charge < -0.3 is 14.6 Å². The summed E-state index contributed by atoms with van der Waals surface area (Å²) in [4.78, 5) is -0.117. The highest BCUT2D eigenvalue weighted by molar-refractivity contribution is 7.93. The van der Waals surface area contributed by atoms with E-state index < -0.39 is 30.4 Å². The number of aliphatic hydroxyl groups excluding tert-OH is 1. The summed E-state index contributed by atoms with van der Waals surface area (Å²) in [5, 5.41) is 13.4. The van der Waals surface area contributed by atoms with E-state index in [1.165, 1.54) is 43.1 Å². The smallest absolute Gasteiger partial charge is 0.232 e. The van der Waals surface area contributed by atoms with E-state index in [-0.39, 0.29) is 46.6 Å². The van der Waals surface area contributed by atoms with E-state index >= 15 is 0 Å². The van der Waals surface area contributed by atoms with Crippen LogP contribution in [0.3, 0.4) is 0 Å². The van der Waals surface area contributed by atoms with Gasteiger partial charge in [-0.3, -0.25) is 4.72 Å². The van der Waals surface area contributed by atoms with E-state index in [1.54, 1.807) is 20.8 Å². The van der Waals surface area contributed by atoms with Gasteiger partial charge in [0.1, 0.15) is 11.5 Å². The molecule has 0 aliphatic heterocycles. The third-order valence-electron chi connectivity index (χ3n) is 5.23. The molecular formula is C22H28FN3O7S2. The van der Waals surface area contributed by atoms with Crippen LogP contribution in [0.1, 0.15) is 27.7 Å². The van der Waals surface area contributed by atoms with E-state index in [1.807, 2.05) is 0 Å². The first kappa shape index (κ1) is 26.7. The van der Waals surface area contributed by atoms with E-state index in [9.17, 15) is 21.2 Å². The van der Waals surface area contributed by atoms with Gasteiger partial charge in [-0.2, -0.15) is 5.10 Å². The van der Waals surface area contributed by atoms with E-state index in [0.717, 1.165) is 6.07 Å². The molecule has 10 nitrogen and oxygen atoms in total. The zero-order valence-corrected chi connectivity index (χ0v) is 21.6. The average Bonchev–Trinajstić information content (AvgIpc) is 3.18. The molecule has 35 heavy (non-hydrogen) atoms. The van der Waals surface area contributed by atoms with Crippen LogP contribution in [0.4, 0.5) is 10.1 Å². The normalized spacial score (nSPS) is 12.7. The summed E-state index contributed by atoms with van der Waals surface area (Å²) in [6.45, 7) is 5.63. The number of nitrogens with zero attached hydrogens (tertiary/aromatic N) is 2. The van der Waals surface area contributed by atoms with E-state index in [4.69, 9.17) is 14.6 Å². The van der Waals surface area contributed by atoms with Crippen molar-refractivity contribution in [2.75, 3.05) is 30.8 Å². The summed E-state index contributed by atoms with van der Waals surface area (Å²) in [5.41, 5.74) is 0.810. The van der Waals surface area contributed by atoms with E-state index in [0.29, 0.717) is 11.1 Å². The summed E-state index contributed by atoms with van der Waals surface area (Å²) in [5.74, 6) is -1.32. The van der Waals surface area contributed by atoms with Gasteiger partial charge in [0, 0.05) is 5.56 Å². The molecule has 0 amide bonds. The van der Waals surface area contributed by atoms with Crippen molar-refractivity contribution in [1.82, 2.24) is 9.61 Å². The Hall–Kier alpha value is -2.90. The van der Waals surface area contributed by atoms with Crippen LogP contribution in [0.5, 0.6) is 11.5 Å². The standard InChI is InChI=1S/C22H28FN3O7S2/c1-6-34(28,29)25-17-10-14(9-16(23)21(17)32-5)15-12-24-26-13-19(33-8-7-27)20(11-18(15)26)35(30,31)22(2,3)4/h9-13,25,27H,6-8H2,1-5H3. The van der Waals surface area contributed by atoms with Gasteiger partial charge in [-0.15, -0.1) is 0 Å². The van der Waals surface area contributed by atoms with Crippen LogP contribution in [-0.2, 0) is 19.9 Å². The van der Waals surface area contributed by atoms with Crippen molar-refractivity contribution in [2.24, 2.45) is 0 Å². The average molecular weight is 530 g/mol. The topological polar surface area (TPSA) is 136 Å². The fraction of sp³-hybridized carbons (Fsp3) is 0.409. The maximum Gasteiger partial charge on any atom is 0.232 e. The Morgan fingerprint density at radius 2 is 1.86 bits per heavy atom. The van der Waals surface area contributed by atoms with Crippen molar-refractivity contribution in [3.8, 4) is 22.6 Å². The van der Waals surface area contributed by atoms with E-state index in [2.05, 4.69) is 9.82 Å². The predicted molar refractivity (Wildman–Crippen MR) is 130 cm³/mol. The van der Waals surface area contributed by atoms with Crippen LogP contribution in [0.15, 0.2) is 35.5 Å². The lowest BCUT2D eigenvalue weighted by molar-refractivity contribution is 0.197. The van der Waals surface area contributed by atoms with Gasteiger partial charge in [0.15, 0.2) is 27.2 Å². The fourth-order valence-electron chi connectivity index (χ4n) is 3.29. The number of fused-ring (bicyclic) bond motifs is 1. The molecule has 0 spiro atoms. The lowest BCUT2D eigenvalue weighted by Gasteiger charge is -2.21. The molecule has 0 fully saturated rings. The molecule has 0 saturated carbocycles. The lowest BCUT2D eigenvalue weighted by atomic mass is 10.1. The maximum atomic E-state index is 14.9. The van der Waals surface area contributed by atoms with Crippen molar-refractivity contribution >= 4 is 31.1 Å². The number of sulfone groups is 1. The molecule has 0 bridgehead atoms. The number of benzene rings is 1. The van der Waals surface area contributed by atoms with Crippen molar-refractivity contribution in [2.45, 2.75) is 37.3 Å². The summed E-state index contributed by atoms with van der Waals surface area (Å²) >= 11 is 0. The first-order valence-electron chi connectivity index (χ1n) is 10.6. The number of hydrogen-bond acceptors (Lipinski definition) is 8. The van der Waals surface area contributed by atoms with Crippen LogP contribution >= 0.6 is 0 Å². The minimum absolute atomic E-state index is 0.00781. The largest absolute Gasteiger partial charge is 0.492 e. The molecule has 0 unspecified atom stereocenters. The van der Waals surface area contributed by atoms with Crippen LogP contribution in [0, 0.1) is 5.82 Å². The molecule has 2 heterocycles. The molecular weight excluding hydrogens is 501 g/mol. The number of ether oxygens (including phenoxy) is 2. The molecule has 3 aromatic rings. The Balaban J connectivity index is 2.28. The number of halogens is 1. The van der Waals surface area contributed by atoms with Gasteiger partial charge in [0.25, 0.3) is 0 Å². The number of rotatable bonds is 9. The number of pyridine rings is 1. The maximum absolute atomic E-state index is 14.9. The van der Waals surface area contributed by atoms with Gasteiger partial charge in [0.2, 0.25) is 10.0 Å². The Morgan fingerprint density at radius 3 is 2.43 bits per heavy atom. The van der Waals surface area contributed by atoms with Gasteiger partial charge in [0.05, 0.1) is 47.8 Å². The second kappa shape index (κ2) is 9.63. The molecule has 0 aliphatic rings. The molecule has 0 atom stereocenters. The first-order chi connectivity index (χ1) is 16.3. The molecule has 2 aromatic heterocycles. The highest BCUT2D eigenvalue weighted by atomic mass is 32.2. The zero-order chi connectivity index (χ0) is 26.2. The molecule has 0 radical (unpaired) electrons. The highest BCUT2D eigenvalue weighted by Crippen LogP contribution is 2.38. The molecule has 3 rings (SSSR count).